The number of aromatic nitrogens is 5. The third-order valence-corrected chi connectivity index (χ3v) is 5.11. The van der Waals surface area contributed by atoms with Crippen LogP contribution >= 0.6 is 11.3 Å². The van der Waals surface area contributed by atoms with Crippen LogP contribution in [0.2, 0.25) is 0 Å². The lowest BCUT2D eigenvalue weighted by molar-refractivity contribution is 0.301. The lowest BCUT2D eigenvalue weighted by Crippen LogP contribution is -2.17. The maximum absolute atomic E-state index is 11.9. The summed E-state index contributed by atoms with van der Waals surface area (Å²) in [6.45, 7) is 4.37. The molecule has 0 unspecified atom stereocenters. The van der Waals surface area contributed by atoms with E-state index in [0.29, 0.717) is 18.0 Å². The van der Waals surface area contributed by atoms with E-state index in [4.69, 9.17) is 4.74 Å². The molecule has 4 rings (SSSR count). The fourth-order valence-electron chi connectivity index (χ4n) is 2.85. The zero-order valence-corrected chi connectivity index (χ0v) is 15.7. The zero-order valence-electron chi connectivity index (χ0n) is 14.8. The smallest absolute Gasteiger partial charge is 0.365 e. The van der Waals surface area contributed by atoms with Crippen LogP contribution in [0, 0.1) is 13.8 Å². The maximum atomic E-state index is 11.9. The molecule has 0 radical (unpaired) electrons. The number of hydrogen-bond donors (Lipinski definition) is 1. The van der Waals surface area contributed by atoms with E-state index >= 15 is 0 Å². The van der Waals surface area contributed by atoms with Gasteiger partial charge in [0.1, 0.15) is 23.1 Å². The number of nitrogens with one attached hydrogen (secondary N) is 1. The summed E-state index contributed by atoms with van der Waals surface area (Å²) in [5.41, 5.74) is 4.35. The minimum atomic E-state index is -0.408. The van der Waals surface area contributed by atoms with Gasteiger partial charge < -0.3 is 4.74 Å². The van der Waals surface area contributed by atoms with E-state index in [0.717, 1.165) is 27.3 Å². The first-order valence-electron chi connectivity index (χ1n) is 8.36. The normalized spacial score (nSPS) is 10.9. The summed E-state index contributed by atoms with van der Waals surface area (Å²) in [7, 11) is 0. The number of para-hydroxylation sites is 1. The number of ether oxygens (including phenoxy) is 1. The molecule has 2 aromatic carbocycles. The van der Waals surface area contributed by atoms with E-state index < -0.39 is 5.69 Å². The predicted octanol–water partition coefficient (Wildman–Crippen LogP) is 3.27. The fourth-order valence-corrected chi connectivity index (χ4v) is 3.49. The van der Waals surface area contributed by atoms with Crippen LogP contribution in [0.3, 0.4) is 0 Å². The highest BCUT2D eigenvalue weighted by atomic mass is 32.1. The van der Waals surface area contributed by atoms with Gasteiger partial charge in [0.2, 0.25) is 0 Å². The van der Waals surface area contributed by atoms with E-state index in [1.165, 1.54) is 4.68 Å². The van der Waals surface area contributed by atoms with Crippen molar-refractivity contribution < 1.29 is 4.74 Å². The van der Waals surface area contributed by atoms with E-state index in [1.54, 1.807) is 23.6 Å². The van der Waals surface area contributed by atoms with E-state index in [-0.39, 0.29) is 0 Å². The average Bonchev–Trinajstić information content (AvgIpc) is 3.33. The summed E-state index contributed by atoms with van der Waals surface area (Å²) >= 11 is 1.61. The molecular weight excluding hydrogens is 362 g/mol. The maximum Gasteiger partial charge on any atom is 0.365 e. The van der Waals surface area contributed by atoms with Gasteiger partial charge >= 0.3 is 5.69 Å². The Bertz CT molecular complexity index is 1130. The average molecular weight is 379 g/mol. The molecule has 8 heteroatoms. The van der Waals surface area contributed by atoms with Gasteiger partial charge in [-0.3, -0.25) is 0 Å². The van der Waals surface area contributed by atoms with Gasteiger partial charge in [-0.25, -0.2) is 14.9 Å². The molecular formula is C19H17N5O2S. The molecule has 0 amide bonds. The Balaban J connectivity index is 1.61. The topological polar surface area (TPSA) is 85.7 Å². The van der Waals surface area contributed by atoms with Crippen molar-refractivity contribution in [2.45, 2.75) is 20.5 Å². The SMILES string of the molecule is Cc1cc(-c2nccs2)ccc1COc1c(C)cccc1-n1nn[nH]c1=O. The molecule has 4 aromatic rings. The van der Waals surface area contributed by atoms with Crippen molar-refractivity contribution in [3.8, 4) is 22.0 Å². The Morgan fingerprint density at radius 1 is 1.19 bits per heavy atom. The second kappa shape index (κ2) is 7.16. The number of tetrazole rings is 1. The summed E-state index contributed by atoms with van der Waals surface area (Å²) < 4.78 is 7.28. The molecule has 0 saturated carbocycles. The monoisotopic (exact) mass is 379 g/mol. The molecule has 0 saturated heterocycles. The van der Waals surface area contributed by atoms with E-state index in [1.807, 2.05) is 36.6 Å². The Hall–Kier alpha value is -3.26. The van der Waals surface area contributed by atoms with Crippen LogP contribution in [0.15, 0.2) is 52.8 Å². The molecule has 0 bridgehead atoms. The van der Waals surface area contributed by atoms with Crippen molar-refractivity contribution in [3.05, 3.63) is 75.1 Å². The molecule has 1 N–H and O–H groups in total. The van der Waals surface area contributed by atoms with Crippen molar-refractivity contribution in [2.75, 3.05) is 0 Å². The van der Waals surface area contributed by atoms with E-state index in [2.05, 4.69) is 33.5 Å². The number of thiazole rings is 1. The lowest BCUT2D eigenvalue weighted by Gasteiger charge is -2.14. The van der Waals surface area contributed by atoms with Crippen molar-refractivity contribution >= 4 is 11.3 Å². The fraction of sp³-hybridized carbons (Fsp3) is 0.158. The van der Waals surface area contributed by atoms with Gasteiger partial charge in [-0.2, -0.15) is 4.68 Å². The molecule has 0 spiro atoms. The minimum absolute atomic E-state index is 0.383. The molecule has 0 aliphatic heterocycles. The summed E-state index contributed by atoms with van der Waals surface area (Å²) in [5.74, 6) is 0.608. The minimum Gasteiger partial charge on any atom is -0.486 e. The highest BCUT2D eigenvalue weighted by molar-refractivity contribution is 7.13. The largest absolute Gasteiger partial charge is 0.486 e. The molecule has 7 nitrogen and oxygen atoms in total. The summed E-state index contributed by atoms with van der Waals surface area (Å²) in [6.07, 6.45) is 1.80. The molecule has 2 heterocycles. The molecule has 0 fully saturated rings. The van der Waals surface area contributed by atoms with Gasteiger partial charge in [0.05, 0.1) is 0 Å². The predicted molar refractivity (Wildman–Crippen MR) is 103 cm³/mol. The number of aromatic amines is 1. The van der Waals surface area contributed by atoms with Crippen LogP contribution in [-0.4, -0.2) is 25.2 Å². The summed E-state index contributed by atoms with van der Waals surface area (Å²) in [6, 6.07) is 11.8. The van der Waals surface area contributed by atoms with Crippen molar-refractivity contribution in [1.29, 1.82) is 0 Å². The highest BCUT2D eigenvalue weighted by Crippen LogP contribution is 2.28. The Morgan fingerprint density at radius 2 is 2.07 bits per heavy atom. The van der Waals surface area contributed by atoms with Gasteiger partial charge in [0.15, 0.2) is 0 Å². The quantitative estimate of drug-likeness (QED) is 0.575. The number of hydrogen-bond acceptors (Lipinski definition) is 6. The number of nitrogens with zero attached hydrogens (tertiary/aromatic N) is 4. The van der Waals surface area contributed by atoms with Crippen LogP contribution in [0.4, 0.5) is 0 Å². The van der Waals surface area contributed by atoms with Crippen molar-refractivity contribution in [2.24, 2.45) is 0 Å². The molecule has 0 atom stereocenters. The van der Waals surface area contributed by atoms with Crippen molar-refractivity contribution in [3.63, 3.8) is 0 Å². The standard InChI is InChI=1S/C19H17N5O2S/c1-12-4-3-5-16(24-19(25)21-22-23-24)17(12)26-11-15-7-6-14(10-13(15)2)18-20-8-9-27-18/h3-10H,11H2,1-2H3,(H,21,23,25). The van der Waals surface area contributed by atoms with Crippen LogP contribution in [-0.2, 0) is 6.61 Å². The zero-order chi connectivity index (χ0) is 18.8. The van der Waals surface area contributed by atoms with Gasteiger partial charge in [-0.05, 0) is 53.1 Å². The Morgan fingerprint density at radius 3 is 2.78 bits per heavy atom. The van der Waals surface area contributed by atoms with E-state index in [9.17, 15) is 4.79 Å². The summed E-state index contributed by atoms with van der Waals surface area (Å²) in [4.78, 5) is 16.2. The molecule has 2 aromatic heterocycles. The number of rotatable bonds is 5. The molecule has 27 heavy (non-hydrogen) atoms. The van der Waals surface area contributed by atoms with Crippen LogP contribution in [0.1, 0.15) is 16.7 Å². The van der Waals surface area contributed by atoms with Gasteiger partial charge in [-0.15, -0.1) is 11.3 Å². The second-order valence-corrected chi connectivity index (χ2v) is 7.00. The van der Waals surface area contributed by atoms with Crippen LogP contribution in [0.25, 0.3) is 16.3 Å². The van der Waals surface area contributed by atoms with Gasteiger partial charge in [0, 0.05) is 17.1 Å². The lowest BCUT2D eigenvalue weighted by atomic mass is 10.1. The van der Waals surface area contributed by atoms with Gasteiger partial charge in [0.25, 0.3) is 0 Å². The first-order valence-corrected chi connectivity index (χ1v) is 9.24. The molecule has 136 valence electrons. The number of benzene rings is 2. The van der Waals surface area contributed by atoms with Crippen LogP contribution < -0.4 is 10.4 Å². The molecule has 0 aliphatic rings. The summed E-state index contributed by atoms with van der Waals surface area (Å²) in [5, 5.41) is 12.6. The second-order valence-electron chi connectivity index (χ2n) is 6.11. The first kappa shape index (κ1) is 17.2. The highest BCUT2D eigenvalue weighted by Gasteiger charge is 2.13. The third-order valence-electron chi connectivity index (χ3n) is 4.29. The Labute approximate surface area is 159 Å². The van der Waals surface area contributed by atoms with Crippen molar-refractivity contribution in [1.82, 2.24) is 25.2 Å². The molecule has 0 aliphatic carbocycles. The Kier molecular flexibility index (Phi) is 4.55. The number of H-pyrrole nitrogens is 1. The third kappa shape index (κ3) is 3.39. The van der Waals surface area contributed by atoms with Gasteiger partial charge in [-0.1, -0.05) is 24.3 Å². The number of aryl methyl sites for hydroxylation is 2. The van der Waals surface area contributed by atoms with Crippen LogP contribution in [0.5, 0.6) is 5.75 Å². The first-order chi connectivity index (χ1) is 13.1.